The Balaban J connectivity index is 4.94. The van der Waals surface area contributed by atoms with E-state index in [9.17, 15) is 13.2 Å². The van der Waals surface area contributed by atoms with Crippen LogP contribution < -0.4 is 5.32 Å². The fraction of sp³-hybridized carbons (Fsp3) is 0.444. The lowest BCUT2D eigenvalue weighted by molar-refractivity contribution is -0.117. The van der Waals surface area contributed by atoms with Gasteiger partial charge in [-0.05, 0) is 13.0 Å². The first kappa shape index (κ1) is 14.7. The van der Waals surface area contributed by atoms with Crippen molar-refractivity contribution in [3.63, 3.8) is 0 Å². The zero-order valence-corrected chi connectivity index (χ0v) is 9.75. The van der Waals surface area contributed by atoms with E-state index in [2.05, 4.69) is 18.5 Å². The fourth-order valence-electron chi connectivity index (χ4n) is 1.33. The molecule has 0 radical (unpaired) electrons. The summed E-state index contributed by atoms with van der Waals surface area (Å²) in [5, 5.41) is 11.3. The van der Waals surface area contributed by atoms with E-state index in [1.807, 2.05) is 0 Å². The van der Waals surface area contributed by atoms with Crippen LogP contribution >= 0.6 is 0 Å². The fourth-order valence-corrected chi connectivity index (χ4v) is 2.31. The molecule has 0 aliphatic carbocycles. The third-order valence-electron chi connectivity index (χ3n) is 1.71. The van der Waals surface area contributed by atoms with Gasteiger partial charge >= 0.3 is 0 Å². The summed E-state index contributed by atoms with van der Waals surface area (Å²) in [6.07, 6.45) is 0.773. The van der Waals surface area contributed by atoms with E-state index in [1.54, 1.807) is 0 Å². The molecule has 0 aliphatic rings. The van der Waals surface area contributed by atoms with Crippen LogP contribution in [0.25, 0.3) is 0 Å². The van der Waals surface area contributed by atoms with Crippen molar-refractivity contribution in [1.29, 1.82) is 0 Å². The van der Waals surface area contributed by atoms with Crippen LogP contribution in [0.15, 0.2) is 25.0 Å². The van der Waals surface area contributed by atoms with Crippen molar-refractivity contribution in [1.82, 2.24) is 5.32 Å². The molecule has 0 aromatic carbocycles. The van der Waals surface area contributed by atoms with Crippen LogP contribution in [0.5, 0.6) is 0 Å². The van der Waals surface area contributed by atoms with Gasteiger partial charge in [0.15, 0.2) is 0 Å². The molecule has 92 valence electrons. The molecule has 0 aromatic rings. The number of hydrogen-bond donors (Lipinski definition) is 3. The Kier molecular flexibility index (Phi) is 4.70. The standard InChI is InChI=1S/C9H15NO5S/c1-4-8(12)10-9(3,5-7(2)11)6-16(13,14)15/h4,11H,1-2,5-6H2,3H3,(H,10,12)(H,13,14,15). The molecular formula is C9H15NO5S. The van der Waals surface area contributed by atoms with Gasteiger partial charge in [-0.15, -0.1) is 0 Å². The Morgan fingerprint density at radius 3 is 2.38 bits per heavy atom. The average molecular weight is 249 g/mol. The molecule has 7 heteroatoms. The van der Waals surface area contributed by atoms with Crippen LogP contribution in [0.4, 0.5) is 0 Å². The van der Waals surface area contributed by atoms with Gasteiger partial charge in [0.1, 0.15) is 0 Å². The topological polar surface area (TPSA) is 104 Å². The third-order valence-corrected chi connectivity index (χ3v) is 2.71. The lowest BCUT2D eigenvalue weighted by Gasteiger charge is -2.28. The minimum atomic E-state index is -4.28. The Bertz CT molecular complexity index is 400. The molecule has 1 unspecified atom stereocenters. The summed E-state index contributed by atoms with van der Waals surface area (Å²) in [5.41, 5.74) is -1.33. The molecule has 0 bridgehead atoms. The predicted octanol–water partition coefficient (Wildman–Crippen LogP) is 0.397. The number of aliphatic hydroxyl groups is 1. The number of aliphatic hydroxyl groups excluding tert-OH is 1. The Morgan fingerprint density at radius 2 is 2.06 bits per heavy atom. The molecule has 0 heterocycles. The van der Waals surface area contributed by atoms with Crippen molar-refractivity contribution >= 4 is 16.0 Å². The highest BCUT2D eigenvalue weighted by Gasteiger charge is 2.31. The molecule has 0 fully saturated rings. The molecule has 0 aromatic heterocycles. The molecule has 0 saturated heterocycles. The molecule has 0 saturated carbocycles. The van der Waals surface area contributed by atoms with E-state index in [4.69, 9.17) is 9.66 Å². The number of nitrogens with one attached hydrogen (secondary N) is 1. The summed E-state index contributed by atoms with van der Waals surface area (Å²) in [6, 6.07) is 0. The summed E-state index contributed by atoms with van der Waals surface area (Å²) in [4.78, 5) is 11.1. The molecule has 1 atom stereocenters. The Labute approximate surface area is 94.4 Å². The minimum absolute atomic E-state index is 0.188. The zero-order chi connectivity index (χ0) is 13.0. The molecule has 0 spiro atoms. The maximum Gasteiger partial charge on any atom is 0.267 e. The molecule has 0 aliphatic heterocycles. The Hall–Kier alpha value is -1.34. The van der Waals surface area contributed by atoms with Crippen molar-refractivity contribution < 1.29 is 22.9 Å². The number of amides is 1. The number of carbonyl (C=O) groups excluding carboxylic acids is 1. The maximum atomic E-state index is 11.1. The summed E-state index contributed by atoms with van der Waals surface area (Å²) >= 11 is 0. The second-order valence-corrected chi connectivity index (χ2v) is 5.18. The van der Waals surface area contributed by atoms with E-state index < -0.39 is 27.3 Å². The highest BCUT2D eigenvalue weighted by atomic mass is 32.2. The number of rotatable bonds is 6. The van der Waals surface area contributed by atoms with E-state index in [1.165, 1.54) is 6.92 Å². The maximum absolute atomic E-state index is 11.1. The third kappa shape index (κ3) is 6.20. The van der Waals surface area contributed by atoms with Crippen LogP contribution in [0.2, 0.25) is 0 Å². The summed E-state index contributed by atoms with van der Waals surface area (Å²) < 4.78 is 30.3. The lowest BCUT2D eigenvalue weighted by atomic mass is 9.99. The van der Waals surface area contributed by atoms with Gasteiger partial charge in [0, 0.05) is 6.42 Å². The molecule has 16 heavy (non-hydrogen) atoms. The number of carbonyl (C=O) groups is 1. The van der Waals surface area contributed by atoms with Gasteiger partial charge in [-0.25, -0.2) is 0 Å². The normalized spacial score (nSPS) is 14.9. The first-order valence-corrected chi connectivity index (χ1v) is 5.95. The summed E-state index contributed by atoms with van der Waals surface area (Å²) in [7, 11) is -4.28. The van der Waals surface area contributed by atoms with Crippen LogP contribution in [-0.2, 0) is 14.9 Å². The number of hydrogen-bond acceptors (Lipinski definition) is 4. The molecule has 1 amide bonds. The van der Waals surface area contributed by atoms with Crippen LogP contribution in [0.3, 0.4) is 0 Å². The van der Waals surface area contributed by atoms with Crippen LogP contribution in [0, 0.1) is 0 Å². The van der Waals surface area contributed by atoms with Crippen molar-refractivity contribution in [3.8, 4) is 0 Å². The van der Waals surface area contributed by atoms with Gasteiger partial charge in [-0.3, -0.25) is 9.35 Å². The monoisotopic (exact) mass is 249 g/mol. The van der Waals surface area contributed by atoms with E-state index >= 15 is 0 Å². The predicted molar refractivity (Wildman–Crippen MR) is 59.5 cm³/mol. The molecule has 3 N–H and O–H groups in total. The van der Waals surface area contributed by atoms with Gasteiger partial charge in [-0.1, -0.05) is 13.2 Å². The van der Waals surface area contributed by atoms with Crippen molar-refractivity contribution in [2.45, 2.75) is 18.9 Å². The van der Waals surface area contributed by atoms with E-state index in [0.717, 1.165) is 6.08 Å². The SMILES string of the molecule is C=CC(=O)NC(C)(CC(=C)O)CS(=O)(=O)O. The summed E-state index contributed by atoms with van der Waals surface area (Å²) in [6.45, 7) is 7.78. The zero-order valence-electron chi connectivity index (χ0n) is 8.93. The minimum Gasteiger partial charge on any atom is -0.513 e. The highest BCUT2D eigenvalue weighted by Crippen LogP contribution is 2.16. The first-order chi connectivity index (χ1) is 7.08. The molecule has 6 nitrogen and oxygen atoms in total. The van der Waals surface area contributed by atoms with Gasteiger partial charge in [0.05, 0.1) is 17.1 Å². The second-order valence-electron chi connectivity index (χ2n) is 3.72. The Morgan fingerprint density at radius 1 is 1.56 bits per heavy atom. The largest absolute Gasteiger partial charge is 0.513 e. The first-order valence-electron chi connectivity index (χ1n) is 4.34. The van der Waals surface area contributed by atoms with Crippen molar-refractivity contribution in [2.75, 3.05) is 5.75 Å². The van der Waals surface area contributed by atoms with Crippen LogP contribution in [0.1, 0.15) is 13.3 Å². The molecule has 0 rings (SSSR count). The second kappa shape index (κ2) is 5.13. The molecular weight excluding hydrogens is 234 g/mol. The smallest absolute Gasteiger partial charge is 0.267 e. The van der Waals surface area contributed by atoms with Crippen molar-refractivity contribution in [2.24, 2.45) is 0 Å². The van der Waals surface area contributed by atoms with Gasteiger partial charge in [0.25, 0.3) is 10.1 Å². The van der Waals surface area contributed by atoms with E-state index in [0.29, 0.717) is 0 Å². The van der Waals surface area contributed by atoms with Gasteiger partial charge < -0.3 is 10.4 Å². The van der Waals surface area contributed by atoms with Gasteiger partial charge in [-0.2, -0.15) is 8.42 Å². The van der Waals surface area contributed by atoms with E-state index in [-0.39, 0.29) is 12.2 Å². The van der Waals surface area contributed by atoms with Gasteiger partial charge in [0.2, 0.25) is 5.91 Å². The quantitative estimate of drug-likeness (QED) is 0.359. The average Bonchev–Trinajstić information content (AvgIpc) is 1.97. The highest BCUT2D eigenvalue weighted by molar-refractivity contribution is 7.85. The lowest BCUT2D eigenvalue weighted by Crippen LogP contribution is -2.50. The summed E-state index contributed by atoms with van der Waals surface area (Å²) in [5.74, 6) is -1.62. The van der Waals surface area contributed by atoms with Crippen LogP contribution in [-0.4, -0.2) is 35.3 Å². The van der Waals surface area contributed by atoms with Crippen molar-refractivity contribution in [3.05, 3.63) is 25.0 Å².